The number of hydrogen-bond acceptors (Lipinski definition) is 5. The van der Waals surface area contributed by atoms with E-state index in [0.717, 1.165) is 36.4 Å². The zero-order valence-corrected chi connectivity index (χ0v) is 16.5. The van der Waals surface area contributed by atoms with Crippen molar-refractivity contribution in [1.29, 1.82) is 0 Å². The first-order valence-corrected chi connectivity index (χ1v) is 9.59. The minimum absolute atomic E-state index is 0.246. The van der Waals surface area contributed by atoms with Crippen molar-refractivity contribution in [2.75, 3.05) is 27.3 Å². The number of benzene rings is 1. The van der Waals surface area contributed by atoms with Gasteiger partial charge in [-0.3, -0.25) is 4.79 Å². The Hall–Kier alpha value is -2.44. The summed E-state index contributed by atoms with van der Waals surface area (Å²) < 4.78 is 16.4. The third-order valence-corrected chi connectivity index (χ3v) is 4.47. The summed E-state index contributed by atoms with van der Waals surface area (Å²) in [5.41, 5.74) is 0.978. The van der Waals surface area contributed by atoms with Gasteiger partial charge in [-0.25, -0.2) is 4.99 Å². The summed E-state index contributed by atoms with van der Waals surface area (Å²) in [5.74, 6) is 1.91. The van der Waals surface area contributed by atoms with E-state index in [1.165, 1.54) is 20.0 Å². The van der Waals surface area contributed by atoms with Crippen LogP contribution in [0.25, 0.3) is 0 Å². The summed E-state index contributed by atoms with van der Waals surface area (Å²) in [6.07, 6.45) is 5.12. The molecule has 0 aromatic heterocycles. The number of aliphatic imine (C=N–C) groups is 1. The first-order valence-electron chi connectivity index (χ1n) is 9.59. The van der Waals surface area contributed by atoms with Gasteiger partial charge in [0, 0.05) is 18.7 Å². The van der Waals surface area contributed by atoms with Crippen LogP contribution in [0.5, 0.6) is 11.5 Å². The molecule has 0 heterocycles. The maximum absolute atomic E-state index is 11.3. The van der Waals surface area contributed by atoms with Gasteiger partial charge in [0.05, 0.1) is 33.3 Å². The molecule has 0 amide bonds. The number of hydrogen-bond donors (Lipinski definition) is 2. The highest BCUT2D eigenvalue weighted by Gasteiger charge is 2.20. The monoisotopic (exact) mass is 377 g/mol. The van der Waals surface area contributed by atoms with E-state index in [2.05, 4.69) is 20.4 Å². The molecule has 0 bridgehead atoms. The van der Waals surface area contributed by atoms with Gasteiger partial charge in [0.25, 0.3) is 0 Å². The summed E-state index contributed by atoms with van der Waals surface area (Å²) in [5, 5.41) is 6.32. The number of ether oxygens (including phenoxy) is 3. The Bertz CT molecular complexity index is 628. The predicted molar refractivity (Wildman–Crippen MR) is 105 cm³/mol. The smallest absolute Gasteiger partial charge is 0.307 e. The number of nitrogens with one attached hydrogen (secondary N) is 2. The Balaban J connectivity index is 2.07. The van der Waals surface area contributed by atoms with Crippen LogP contribution in [0.3, 0.4) is 0 Å². The standard InChI is InChI=1S/C20H31N3O4/c1-4-21-20(22-13-12-18(24)26-3)23-14-15-8-7-11-17(25-2)19(15)27-16-9-5-6-10-16/h7-8,11,16H,4-6,9-10,12-14H2,1-3H3,(H2,21,22,23). The van der Waals surface area contributed by atoms with Gasteiger partial charge in [-0.05, 0) is 38.7 Å². The van der Waals surface area contributed by atoms with E-state index in [9.17, 15) is 4.79 Å². The lowest BCUT2D eigenvalue weighted by atomic mass is 10.1. The summed E-state index contributed by atoms with van der Waals surface area (Å²) in [6, 6.07) is 5.87. The van der Waals surface area contributed by atoms with Crippen LogP contribution in [0, 0.1) is 0 Å². The zero-order chi connectivity index (χ0) is 19.5. The number of esters is 1. The van der Waals surface area contributed by atoms with Gasteiger partial charge < -0.3 is 24.8 Å². The highest BCUT2D eigenvalue weighted by molar-refractivity contribution is 5.80. The maximum Gasteiger partial charge on any atom is 0.307 e. The molecule has 0 unspecified atom stereocenters. The summed E-state index contributed by atoms with van der Waals surface area (Å²) in [4.78, 5) is 15.9. The molecule has 2 N–H and O–H groups in total. The van der Waals surface area contributed by atoms with Crippen LogP contribution >= 0.6 is 0 Å². The largest absolute Gasteiger partial charge is 0.493 e. The fraction of sp³-hybridized carbons (Fsp3) is 0.600. The number of carbonyl (C=O) groups is 1. The first kappa shape index (κ1) is 20.9. The quantitative estimate of drug-likeness (QED) is 0.391. The van der Waals surface area contributed by atoms with E-state index in [1.807, 2.05) is 25.1 Å². The second-order valence-electron chi connectivity index (χ2n) is 6.42. The molecule has 0 aliphatic heterocycles. The van der Waals surface area contributed by atoms with Crippen LogP contribution in [-0.4, -0.2) is 45.3 Å². The van der Waals surface area contributed by atoms with Gasteiger partial charge in [-0.1, -0.05) is 12.1 Å². The van der Waals surface area contributed by atoms with E-state index >= 15 is 0 Å². The Morgan fingerprint density at radius 3 is 2.67 bits per heavy atom. The molecule has 0 atom stereocenters. The van der Waals surface area contributed by atoms with Crippen molar-refractivity contribution in [3.8, 4) is 11.5 Å². The van der Waals surface area contributed by atoms with Gasteiger partial charge in [0.2, 0.25) is 0 Å². The van der Waals surface area contributed by atoms with Crippen molar-refractivity contribution >= 4 is 11.9 Å². The van der Waals surface area contributed by atoms with Gasteiger partial charge in [0.15, 0.2) is 17.5 Å². The maximum atomic E-state index is 11.3. The average Bonchev–Trinajstić information content (AvgIpc) is 3.19. The molecular formula is C20H31N3O4. The van der Waals surface area contributed by atoms with E-state index in [0.29, 0.717) is 19.0 Å². The SMILES string of the molecule is CCNC(=NCc1cccc(OC)c1OC1CCCC1)NCCC(=O)OC. The minimum Gasteiger partial charge on any atom is -0.493 e. The highest BCUT2D eigenvalue weighted by atomic mass is 16.5. The van der Waals surface area contributed by atoms with Crippen molar-refractivity contribution in [1.82, 2.24) is 10.6 Å². The zero-order valence-electron chi connectivity index (χ0n) is 16.5. The highest BCUT2D eigenvalue weighted by Crippen LogP contribution is 2.35. The molecule has 1 aliphatic rings. The average molecular weight is 377 g/mol. The van der Waals surface area contributed by atoms with Crippen LogP contribution < -0.4 is 20.1 Å². The number of para-hydroxylation sites is 1. The van der Waals surface area contributed by atoms with E-state index in [1.54, 1.807) is 7.11 Å². The number of carbonyl (C=O) groups excluding carboxylic acids is 1. The second-order valence-corrected chi connectivity index (χ2v) is 6.42. The minimum atomic E-state index is -0.251. The molecule has 7 heteroatoms. The normalized spacial score (nSPS) is 14.7. The van der Waals surface area contributed by atoms with E-state index in [4.69, 9.17) is 9.47 Å². The molecule has 0 spiro atoms. The summed E-state index contributed by atoms with van der Waals surface area (Å²) in [7, 11) is 3.04. The Labute approximate surface area is 161 Å². The summed E-state index contributed by atoms with van der Waals surface area (Å²) in [6.45, 7) is 3.64. The lowest BCUT2D eigenvalue weighted by Crippen LogP contribution is -2.38. The van der Waals surface area contributed by atoms with Gasteiger partial charge in [-0.15, -0.1) is 0 Å². The number of guanidine groups is 1. The number of nitrogens with zero attached hydrogens (tertiary/aromatic N) is 1. The Morgan fingerprint density at radius 2 is 2.00 bits per heavy atom. The molecule has 1 saturated carbocycles. The van der Waals surface area contributed by atoms with E-state index in [-0.39, 0.29) is 18.5 Å². The lowest BCUT2D eigenvalue weighted by Gasteiger charge is -2.19. The third kappa shape index (κ3) is 6.66. The van der Waals surface area contributed by atoms with Crippen LogP contribution in [0.15, 0.2) is 23.2 Å². The first-order chi connectivity index (χ1) is 13.2. The van der Waals surface area contributed by atoms with Crippen LogP contribution in [-0.2, 0) is 16.1 Å². The Morgan fingerprint density at radius 1 is 1.22 bits per heavy atom. The van der Waals surface area contributed by atoms with Crippen molar-refractivity contribution in [2.45, 2.75) is 51.7 Å². The number of rotatable bonds is 9. The molecule has 27 heavy (non-hydrogen) atoms. The fourth-order valence-corrected chi connectivity index (χ4v) is 3.04. The molecule has 1 aliphatic carbocycles. The lowest BCUT2D eigenvalue weighted by molar-refractivity contribution is -0.140. The molecule has 0 radical (unpaired) electrons. The molecule has 1 fully saturated rings. The van der Waals surface area contributed by atoms with E-state index < -0.39 is 0 Å². The summed E-state index contributed by atoms with van der Waals surface area (Å²) >= 11 is 0. The topological polar surface area (TPSA) is 81.2 Å². The van der Waals surface area contributed by atoms with Crippen molar-refractivity contribution in [2.24, 2.45) is 4.99 Å². The van der Waals surface area contributed by atoms with Crippen LogP contribution in [0.2, 0.25) is 0 Å². The number of methoxy groups -OCH3 is 2. The molecule has 7 nitrogen and oxygen atoms in total. The van der Waals surface area contributed by atoms with Gasteiger partial charge >= 0.3 is 5.97 Å². The van der Waals surface area contributed by atoms with Crippen molar-refractivity contribution in [3.63, 3.8) is 0 Å². The predicted octanol–water partition coefficient (Wildman–Crippen LogP) is 2.63. The van der Waals surface area contributed by atoms with Gasteiger partial charge in [-0.2, -0.15) is 0 Å². The molecule has 2 rings (SSSR count). The Kier molecular flexibility index (Phi) is 8.74. The molecule has 1 aromatic rings. The fourth-order valence-electron chi connectivity index (χ4n) is 3.04. The van der Waals surface area contributed by atoms with Crippen LogP contribution in [0.4, 0.5) is 0 Å². The third-order valence-electron chi connectivity index (χ3n) is 4.47. The van der Waals surface area contributed by atoms with Crippen molar-refractivity contribution < 1.29 is 19.0 Å². The van der Waals surface area contributed by atoms with Crippen LogP contribution in [0.1, 0.15) is 44.6 Å². The molecule has 1 aromatic carbocycles. The molecular weight excluding hydrogens is 346 g/mol. The van der Waals surface area contributed by atoms with Gasteiger partial charge in [0.1, 0.15) is 0 Å². The molecule has 150 valence electrons. The molecule has 0 saturated heterocycles. The second kappa shape index (κ2) is 11.3. The van der Waals surface area contributed by atoms with Crippen molar-refractivity contribution in [3.05, 3.63) is 23.8 Å².